The summed E-state index contributed by atoms with van der Waals surface area (Å²) in [6.45, 7) is 0.515. The van der Waals surface area contributed by atoms with Crippen LogP contribution in [-0.4, -0.2) is 47.7 Å². The fourth-order valence-electron chi connectivity index (χ4n) is 3.93. The molecule has 0 aliphatic carbocycles. The molecule has 0 aromatic heterocycles. The summed E-state index contributed by atoms with van der Waals surface area (Å²) < 4.78 is 36.9. The molecule has 0 saturated heterocycles. The molecule has 7 nitrogen and oxygen atoms in total. The number of aliphatic imine (C=N–C) groups is 1. The number of ether oxygens (including phenoxy) is 1. The molecule has 0 bridgehead atoms. The van der Waals surface area contributed by atoms with E-state index in [1.807, 2.05) is 84.9 Å². The minimum absolute atomic E-state index is 0.105. The second-order valence-electron chi connectivity index (χ2n) is 8.12. The Morgan fingerprint density at radius 3 is 1.89 bits per heavy atom. The molecule has 4 rings (SSSR count). The van der Waals surface area contributed by atoms with Crippen LogP contribution in [0.4, 0.5) is 13.2 Å². The average Bonchev–Trinajstić information content (AvgIpc) is 3.15. The highest BCUT2D eigenvalue weighted by atomic mass is 19.4. The van der Waals surface area contributed by atoms with E-state index in [9.17, 15) is 18.0 Å². The number of hydrogen-bond donors (Lipinski definition) is 2. The van der Waals surface area contributed by atoms with Crippen molar-refractivity contribution in [1.29, 1.82) is 0 Å². The van der Waals surface area contributed by atoms with Crippen molar-refractivity contribution in [1.82, 2.24) is 4.90 Å². The summed E-state index contributed by atoms with van der Waals surface area (Å²) in [6, 6.07) is 27.3. The van der Waals surface area contributed by atoms with Gasteiger partial charge in [0.25, 0.3) is 5.91 Å². The molecule has 0 unspecified atom stereocenters. The SMILES string of the molecule is COc1ccc(CCCN2C(=O)C(c3ccccc3)(c3ccccc3)N=C2N)cc1.O=C(O)C(F)(F)F. The number of methoxy groups -OCH3 is 1. The molecule has 0 saturated carbocycles. The van der Waals surface area contributed by atoms with Gasteiger partial charge >= 0.3 is 12.1 Å². The van der Waals surface area contributed by atoms with Gasteiger partial charge in [0.05, 0.1) is 7.11 Å². The summed E-state index contributed by atoms with van der Waals surface area (Å²) in [5.74, 6) is -1.76. The van der Waals surface area contributed by atoms with Crippen LogP contribution in [0.1, 0.15) is 23.1 Å². The molecule has 1 heterocycles. The first-order valence-electron chi connectivity index (χ1n) is 11.3. The smallest absolute Gasteiger partial charge is 0.490 e. The van der Waals surface area contributed by atoms with Gasteiger partial charge in [0.1, 0.15) is 5.75 Å². The van der Waals surface area contributed by atoms with Gasteiger partial charge in [-0.3, -0.25) is 9.69 Å². The number of hydrogen-bond acceptors (Lipinski definition) is 5. The number of alkyl halides is 3. The largest absolute Gasteiger partial charge is 0.497 e. The fraction of sp³-hybridized carbons (Fsp3) is 0.222. The van der Waals surface area contributed by atoms with Crippen molar-refractivity contribution in [2.75, 3.05) is 13.7 Å². The molecule has 3 aromatic carbocycles. The predicted octanol–water partition coefficient (Wildman–Crippen LogP) is 4.36. The van der Waals surface area contributed by atoms with E-state index < -0.39 is 17.7 Å². The number of benzene rings is 3. The number of aliphatic carboxylic acids is 1. The molecule has 1 aliphatic rings. The van der Waals surface area contributed by atoms with E-state index in [-0.39, 0.29) is 11.9 Å². The molecule has 0 radical (unpaired) electrons. The lowest BCUT2D eigenvalue weighted by molar-refractivity contribution is -0.192. The summed E-state index contributed by atoms with van der Waals surface area (Å²) in [5, 5.41) is 7.12. The van der Waals surface area contributed by atoms with Crippen LogP contribution in [0.25, 0.3) is 0 Å². The first kappa shape index (κ1) is 27.3. The van der Waals surface area contributed by atoms with Gasteiger partial charge in [0.2, 0.25) is 0 Å². The first-order valence-corrected chi connectivity index (χ1v) is 11.3. The van der Waals surface area contributed by atoms with Gasteiger partial charge in [-0.1, -0.05) is 72.8 Å². The van der Waals surface area contributed by atoms with Crippen LogP contribution < -0.4 is 10.5 Å². The average molecular weight is 514 g/mol. The molecule has 37 heavy (non-hydrogen) atoms. The van der Waals surface area contributed by atoms with Gasteiger partial charge in [-0.25, -0.2) is 9.79 Å². The Hall–Kier alpha value is -4.34. The molecule has 0 atom stereocenters. The lowest BCUT2D eigenvalue weighted by Crippen LogP contribution is -2.44. The first-order chi connectivity index (χ1) is 17.6. The Kier molecular flexibility index (Phi) is 8.54. The van der Waals surface area contributed by atoms with Crippen molar-refractivity contribution in [2.45, 2.75) is 24.6 Å². The fourth-order valence-corrected chi connectivity index (χ4v) is 3.93. The summed E-state index contributed by atoms with van der Waals surface area (Å²) in [4.78, 5) is 28.9. The topological polar surface area (TPSA) is 105 Å². The molecule has 0 fully saturated rings. The van der Waals surface area contributed by atoms with Gasteiger partial charge in [-0.2, -0.15) is 13.2 Å². The number of rotatable bonds is 7. The van der Waals surface area contributed by atoms with Crippen molar-refractivity contribution < 1.29 is 32.6 Å². The van der Waals surface area contributed by atoms with Gasteiger partial charge in [-0.15, -0.1) is 0 Å². The summed E-state index contributed by atoms with van der Waals surface area (Å²) in [6.07, 6.45) is -3.46. The Balaban J connectivity index is 0.000000479. The number of amides is 1. The normalized spacial score (nSPS) is 14.4. The van der Waals surface area contributed by atoms with E-state index in [0.717, 1.165) is 29.7 Å². The maximum Gasteiger partial charge on any atom is 0.490 e. The number of nitrogens with zero attached hydrogens (tertiary/aromatic N) is 2. The number of carbonyl (C=O) groups excluding carboxylic acids is 1. The minimum Gasteiger partial charge on any atom is -0.497 e. The molecule has 0 spiro atoms. The molecule has 3 aromatic rings. The Morgan fingerprint density at radius 1 is 0.973 bits per heavy atom. The molecule has 194 valence electrons. The number of carbonyl (C=O) groups is 2. The monoisotopic (exact) mass is 513 g/mol. The van der Waals surface area contributed by atoms with Gasteiger partial charge in [-0.05, 0) is 41.7 Å². The van der Waals surface area contributed by atoms with Crippen LogP contribution in [0.15, 0.2) is 89.9 Å². The van der Waals surface area contributed by atoms with Crippen LogP contribution in [0.3, 0.4) is 0 Å². The number of aryl methyl sites for hydroxylation is 1. The van der Waals surface area contributed by atoms with E-state index in [0.29, 0.717) is 6.54 Å². The number of carboxylic acids is 1. The number of carboxylic acid groups (broad SMARTS) is 1. The number of guanidine groups is 1. The Morgan fingerprint density at radius 2 is 1.46 bits per heavy atom. The molecule has 10 heteroatoms. The molecule has 1 aliphatic heterocycles. The summed E-state index contributed by atoms with van der Waals surface area (Å²) in [7, 11) is 1.65. The highest BCUT2D eigenvalue weighted by Gasteiger charge is 2.50. The zero-order chi connectivity index (χ0) is 27.1. The lowest BCUT2D eigenvalue weighted by Gasteiger charge is -2.27. The van der Waals surface area contributed by atoms with Gasteiger partial charge in [0, 0.05) is 6.54 Å². The number of halogens is 3. The van der Waals surface area contributed by atoms with Crippen molar-refractivity contribution in [3.05, 3.63) is 102 Å². The van der Waals surface area contributed by atoms with Crippen LogP contribution in [-0.2, 0) is 21.5 Å². The molecular formula is C27H26F3N3O4. The zero-order valence-corrected chi connectivity index (χ0v) is 20.0. The quantitative estimate of drug-likeness (QED) is 0.489. The molecule has 1 amide bonds. The maximum absolute atomic E-state index is 13.7. The standard InChI is InChI=1S/C25H25N3O2.C2HF3O2/c1-30-22-16-14-19(15-17-22)9-8-18-28-23(29)25(27-24(28)26,20-10-4-2-5-11-20)21-12-6-3-7-13-21;3-2(4,5)1(6)7/h2-7,10-17H,8-9,18H2,1H3,(H2,26,27);(H,6,7). The number of nitrogens with two attached hydrogens (primary N) is 1. The lowest BCUT2D eigenvalue weighted by atomic mass is 9.83. The van der Waals surface area contributed by atoms with Gasteiger partial charge in [0.15, 0.2) is 11.5 Å². The molecule has 3 N–H and O–H groups in total. The summed E-state index contributed by atoms with van der Waals surface area (Å²) in [5.41, 5.74) is 7.98. The van der Waals surface area contributed by atoms with Crippen molar-refractivity contribution in [2.24, 2.45) is 10.7 Å². The van der Waals surface area contributed by atoms with Crippen LogP contribution in [0.2, 0.25) is 0 Å². The van der Waals surface area contributed by atoms with E-state index in [1.54, 1.807) is 12.0 Å². The van der Waals surface area contributed by atoms with E-state index in [4.69, 9.17) is 25.4 Å². The van der Waals surface area contributed by atoms with Crippen LogP contribution in [0.5, 0.6) is 5.75 Å². The maximum atomic E-state index is 13.7. The van der Waals surface area contributed by atoms with Crippen LogP contribution >= 0.6 is 0 Å². The van der Waals surface area contributed by atoms with Crippen molar-refractivity contribution in [3.8, 4) is 5.75 Å². The zero-order valence-electron chi connectivity index (χ0n) is 20.0. The van der Waals surface area contributed by atoms with E-state index >= 15 is 0 Å². The Bertz CT molecular complexity index is 1190. The third-order valence-electron chi connectivity index (χ3n) is 5.75. The summed E-state index contributed by atoms with van der Waals surface area (Å²) >= 11 is 0. The second-order valence-corrected chi connectivity index (χ2v) is 8.12. The van der Waals surface area contributed by atoms with E-state index in [2.05, 4.69) is 0 Å². The predicted molar refractivity (Wildman–Crippen MR) is 132 cm³/mol. The van der Waals surface area contributed by atoms with Crippen molar-refractivity contribution >= 4 is 17.8 Å². The minimum atomic E-state index is -5.08. The van der Waals surface area contributed by atoms with Gasteiger partial charge < -0.3 is 15.6 Å². The highest BCUT2D eigenvalue weighted by molar-refractivity contribution is 6.09. The van der Waals surface area contributed by atoms with Crippen molar-refractivity contribution in [3.63, 3.8) is 0 Å². The second kappa shape index (κ2) is 11.6. The Labute approximate surface area is 212 Å². The van der Waals surface area contributed by atoms with E-state index in [1.165, 1.54) is 5.56 Å². The highest BCUT2D eigenvalue weighted by Crippen LogP contribution is 2.39. The third kappa shape index (κ3) is 6.27. The molecular weight excluding hydrogens is 487 g/mol. The third-order valence-corrected chi connectivity index (χ3v) is 5.75. The van der Waals surface area contributed by atoms with Crippen LogP contribution in [0, 0.1) is 0 Å².